The van der Waals surface area contributed by atoms with Crippen molar-refractivity contribution >= 4 is 52.4 Å². The summed E-state index contributed by atoms with van der Waals surface area (Å²) in [6.07, 6.45) is 0.249. The van der Waals surface area contributed by atoms with E-state index in [1.165, 1.54) is 23.1 Å². The average molecular weight is 724 g/mol. The molecular formula is C36H30ClN7O4S2. The highest BCUT2D eigenvalue weighted by Gasteiger charge is 2.23. The fourth-order valence-electron chi connectivity index (χ4n) is 4.85. The van der Waals surface area contributed by atoms with Crippen LogP contribution in [0.4, 0.5) is 5.82 Å². The lowest BCUT2D eigenvalue weighted by Gasteiger charge is -2.18. The van der Waals surface area contributed by atoms with Crippen LogP contribution in [-0.2, 0) is 26.5 Å². The summed E-state index contributed by atoms with van der Waals surface area (Å²) in [5, 5.41) is 26.5. The standard InChI is InChI=1S/C36H30ClN7O4S2/c37-25-10-6-24(7-11-25)34-42-26(20-49-34)21-50-35-29(18-39)32(28(17-38)33(41)44-35)23-8-12-27(13-9-23)47-14-15-48-36(46)30(43-31(45)19-40)16-22-4-2-1-3-5-22/h1-13,20,30H,14-16,19,21,40H2,(H2,41,44)(H,43,45)/t30-/m0/s1. The predicted molar refractivity (Wildman–Crippen MR) is 193 cm³/mol. The lowest BCUT2D eigenvalue weighted by Crippen LogP contribution is -2.46. The van der Waals surface area contributed by atoms with Gasteiger partial charge in [-0.2, -0.15) is 10.5 Å². The second-order valence-electron chi connectivity index (χ2n) is 10.6. The zero-order valence-corrected chi connectivity index (χ0v) is 28.9. The Bertz CT molecular complexity index is 2040. The van der Waals surface area contributed by atoms with E-state index < -0.39 is 17.9 Å². The van der Waals surface area contributed by atoms with Crippen LogP contribution in [0.2, 0.25) is 5.02 Å². The molecule has 0 saturated heterocycles. The van der Waals surface area contributed by atoms with Crippen LogP contribution in [0.25, 0.3) is 21.7 Å². The number of hydrogen-bond donors (Lipinski definition) is 3. The minimum Gasteiger partial charge on any atom is -0.490 e. The molecule has 3 aromatic carbocycles. The number of rotatable bonds is 14. The number of hydrogen-bond acceptors (Lipinski definition) is 12. The molecule has 5 aromatic rings. The van der Waals surface area contributed by atoms with Crippen LogP contribution in [0, 0.1) is 22.7 Å². The zero-order chi connectivity index (χ0) is 35.5. The summed E-state index contributed by atoms with van der Waals surface area (Å²) in [4.78, 5) is 33.8. The Morgan fingerprint density at radius 3 is 2.32 bits per heavy atom. The number of halogens is 1. The largest absolute Gasteiger partial charge is 0.490 e. The van der Waals surface area contributed by atoms with Gasteiger partial charge in [-0.3, -0.25) is 4.79 Å². The summed E-state index contributed by atoms with van der Waals surface area (Å²) in [7, 11) is 0. The number of thiazole rings is 1. The number of nitrogens with two attached hydrogens (primary N) is 2. The Hall–Kier alpha value is -5.44. The highest BCUT2D eigenvalue weighted by molar-refractivity contribution is 7.98. The van der Waals surface area contributed by atoms with Crippen molar-refractivity contribution in [1.29, 1.82) is 10.5 Å². The van der Waals surface area contributed by atoms with Crippen molar-refractivity contribution in [1.82, 2.24) is 15.3 Å². The molecule has 0 aliphatic carbocycles. The number of nitriles is 2. The number of thioether (sulfide) groups is 1. The van der Waals surface area contributed by atoms with Gasteiger partial charge in [0.1, 0.15) is 58.6 Å². The van der Waals surface area contributed by atoms with Crippen molar-refractivity contribution in [2.24, 2.45) is 5.73 Å². The molecule has 0 unspecified atom stereocenters. The number of anilines is 1. The molecule has 0 saturated carbocycles. The number of ether oxygens (including phenoxy) is 2. The molecule has 5 rings (SSSR count). The molecule has 5 N–H and O–H groups in total. The first-order valence-corrected chi connectivity index (χ1v) is 17.4. The fraction of sp³-hybridized carbons (Fsp3) is 0.167. The number of nitrogens with zero attached hydrogens (tertiary/aromatic N) is 4. The van der Waals surface area contributed by atoms with E-state index in [9.17, 15) is 20.1 Å². The van der Waals surface area contributed by atoms with Crippen LogP contribution in [0.1, 0.15) is 22.4 Å². The maximum absolute atomic E-state index is 12.8. The first-order chi connectivity index (χ1) is 24.3. The Kier molecular flexibility index (Phi) is 12.4. The summed E-state index contributed by atoms with van der Waals surface area (Å²) >= 11 is 8.82. The van der Waals surface area contributed by atoms with Crippen molar-refractivity contribution in [3.8, 4) is 39.6 Å². The molecule has 2 aromatic heterocycles. The monoisotopic (exact) mass is 723 g/mol. The topological polar surface area (TPSA) is 190 Å². The molecule has 11 nitrogen and oxygen atoms in total. The van der Waals surface area contributed by atoms with Crippen LogP contribution in [0.3, 0.4) is 0 Å². The quantitative estimate of drug-likeness (QED) is 0.0718. The minimum atomic E-state index is -0.902. The summed E-state index contributed by atoms with van der Waals surface area (Å²) in [5.74, 6) is -0.165. The number of esters is 1. The number of amides is 1. The van der Waals surface area contributed by atoms with E-state index >= 15 is 0 Å². The number of nitrogen functional groups attached to an aromatic ring is 1. The molecule has 50 heavy (non-hydrogen) atoms. The molecule has 0 fully saturated rings. The van der Waals surface area contributed by atoms with Gasteiger partial charge in [0.2, 0.25) is 5.91 Å². The molecular weight excluding hydrogens is 694 g/mol. The van der Waals surface area contributed by atoms with Crippen molar-refractivity contribution in [2.75, 3.05) is 25.5 Å². The van der Waals surface area contributed by atoms with Gasteiger partial charge in [-0.1, -0.05) is 78.0 Å². The molecule has 1 amide bonds. The number of aromatic nitrogens is 2. The van der Waals surface area contributed by atoms with Gasteiger partial charge in [0.25, 0.3) is 0 Å². The van der Waals surface area contributed by atoms with Gasteiger partial charge in [-0.15, -0.1) is 11.3 Å². The number of benzene rings is 3. The predicted octanol–water partition coefficient (Wildman–Crippen LogP) is 5.75. The fourth-order valence-corrected chi connectivity index (χ4v) is 6.79. The van der Waals surface area contributed by atoms with E-state index in [0.717, 1.165) is 21.8 Å². The van der Waals surface area contributed by atoms with E-state index in [4.69, 9.17) is 37.5 Å². The van der Waals surface area contributed by atoms with E-state index in [0.29, 0.717) is 32.7 Å². The van der Waals surface area contributed by atoms with Crippen LogP contribution in [0.15, 0.2) is 89.3 Å². The Labute approximate surface area is 301 Å². The van der Waals surface area contributed by atoms with Crippen molar-refractivity contribution in [3.63, 3.8) is 0 Å². The molecule has 0 bridgehead atoms. The SMILES string of the molecule is N#Cc1c(N)nc(SCc2csc(-c3ccc(Cl)cc3)n2)c(C#N)c1-c1ccc(OCCOC(=O)[C@H](Cc2ccccc2)NC(=O)CN)cc1. The Balaban J connectivity index is 1.23. The molecule has 0 radical (unpaired) electrons. The highest BCUT2D eigenvalue weighted by Crippen LogP contribution is 2.37. The maximum atomic E-state index is 12.8. The van der Waals surface area contributed by atoms with Gasteiger partial charge in [-0.25, -0.2) is 14.8 Å². The van der Waals surface area contributed by atoms with E-state index in [-0.39, 0.29) is 43.1 Å². The Morgan fingerprint density at radius 2 is 1.64 bits per heavy atom. The molecule has 2 heterocycles. The second-order valence-corrected chi connectivity index (χ2v) is 12.9. The van der Waals surface area contributed by atoms with Crippen LogP contribution < -0.4 is 21.5 Å². The minimum absolute atomic E-state index is 0.0134. The summed E-state index contributed by atoms with van der Waals surface area (Å²) < 4.78 is 11.2. The summed E-state index contributed by atoms with van der Waals surface area (Å²) in [6, 6.07) is 26.8. The number of carbonyl (C=O) groups excluding carboxylic acids is 2. The lowest BCUT2D eigenvalue weighted by molar-refractivity contribution is -0.148. The van der Waals surface area contributed by atoms with Gasteiger partial charge in [0.15, 0.2) is 0 Å². The average Bonchev–Trinajstić information content (AvgIpc) is 3.62. The molecule has 14 heteroatoms. The van der Waals surface area contributed by atoms with Crippen molar-refractivity contribution < 1.29 is 19.1 Å². The van der Waals surface area contributed by atoms with Gasteiger partial charge in [-0.05, 0) is 35.4 Å². The number of nitrogens with one attached hydrogen (secondary N) is 1. The third-order valence-corrected chi connectivity index (χ3v) is 9.44. The van der Waals surface area contributed by atoms with Gasteiger partial charge in [0, 0.05) is 33.7 Å². The molecule has 252 valence electrons. The molecule has 0 aliphatic rings. The van der Waals surface area contributed by atoms with Crippen molar-refractivity contribution in [2.45, 2.75) is 23.2 Å². The normalized spacial score (nSPS) is 11.2. The van der Waals surface area contributed by atoms with E-state index in [1.54, 1.807) is 24.3 Å². The Morgan fingerprint density at radius 1 is 0.940 bits per heavy atom. The zero-order valence-electron chi connectivity index (χ0n) is 26.5. The van der Waals surface area contributed by atoms with Crippen LogP contribution >= 0.6 is 34.7 Å². The van der Waals surface area contributed by atoms with Gasteiger partial charge in [0.05, 0.1) is 17.8 Å². The van der Waals surface area contributed by atoms with Crippen molar-refractivity contribution in [3.05, 3.63) is 112 Å². The van der Waals surface area contributed by atoms with Gasteiger partial charge < -0.3 is 26.3 Å². The van der Waals surface area contributed by atoms with Gasteiger partial charge >= 0.3 is 5.97 Å². The second kappa shape index (κ2) is 17.3. The third-order valence-electron chi connectivity index (χ3n) is 7.24. The maximum Gasteiger partial charge on any atom is 0.329 e. The van der Waals surface area contributed by atoms with E-state index in [2.05, 4.69) is 22.4 Å². The first-order valence-electron chi connectivity index (χ1n) is 15.2. The first kappa shape index (κ1) is 35.9. The number of pyridine rings is 1. The van der Waals surface area contributed by atoms with E-state index in [1.807, 2.05) is 60.0 Å². The molecule has 0 spiro atoms. The highest BCUT2D eigenvalue weighted by atomic mass is 35.5. The molecule has 1 atom stereocenters. The smallest absolute Gasteiger partial charge is 0.329 e. The summed E-state index contributed by atoms with van der Waals surface area (Å²) in [6.45, 7) is -0.280. The number of carbonyl (C=O) groups is 2. The molecule has 0 aliphatic heterocycles. The summed E-state index contributed by atoms with van der Waals surface area (Å²) in [5.41, 5.74) is 15.5. The van der Waals surface area contributed by atoms with Crippen LogP contribution in [0.5, 0.6) is 5.75 Å². The third kappa shape index (κ3) is 9.16. The van der Waals surface area contributed by atoms with Crippen LogP contribution in [-0.4, -0.2) is 47.6 Å². The lowest BCUT2D eigenvalue weighted by atomic mass is 9.97.